The van der Waals surface area contributed by atoms with E-state index >= 15 is 4.39 Å². The molecule has 5 rings (SSSR count). The van der Waals surface area contributed by atoms with E-state index in [1.165, 1.54) is 23.4 Å². The Morgan fingerprint density at radius 2 is 1.92 bits per heavy atom. The maximum absolute atomic E-state index is 15.3. The van der Waals surface area contributed by atoms with Gasteiger partial charge in [-0.3, -0.25) is 0 Å². The largest absolute Gasteiger partial charge is 0.486 e. The average molecular weight is 538 g/mol. The average Bonchev–Trinajstić information content (AvgIpc) is 3.08. The Bertz CT molecular complexity index is 1360. The van der Waals surface area contributed by atoms with Gasteiger partial charge < -0.3 is 20.1 Å². The van der Waals surface area contributed by atoms with Crippen molar-refractivity contribution in [2.75, 3.05) is 19.8 Å². The van der Waals surface area contributed by atoms with Crippen LogP contribution in [0.1, 0.15) is 24.0 Å². The van der Waals surface area contributed by atoms with Gasteiger partial charge in [-0.2, -0.15) is 0 Å². The Morgan fingerprint density at radius 3 is 2.73 bits per heavy atom. The van der Waals surface area contributed by atoms with Crippen LogP contribution in [0.4, 0.5) is 4.39 Å². The summed E-state index contributed by atoms with van der Waals surface area (Å²) in [5.74, 6) is -0.962. The number of hydrogen-bond donors (Lipinski definition) is 2. The summed E-state index contributed by atoms with van der Waals surface area (Å²) in [6.07, 6.45) is 0. The Hall–Kier alpha value is -3.26. The Kier molecular flexibility index (Phi) is 7.84. The van der Waals surface area contributed by atoms with Crippen molar-refractivity contribution in [2.24, 2.45) is 0 Å². The number of para-hydroxylation sites is 1. The molecule has 3 N–H and O–H groups in total. The molecule has 0 saturated carbocycles. The number of dihydropyridines is 1. The topological polar surface area (TPSA) is 64.2 Å². The predicted octanol–water partition coefficient (Wildman–Crippen LogP) is 5.14. The van der Waals surface area contributed by atoms with Gasteiger partial charge in [0.15, 0.2) is 0 Å². The van der Waals surface area contributed by atoms with Crippen molar-refractivity contribution in [1.29, 1.82) is 0 Å². The number of quaternary nitrogens is 1. The van der Waals surface area contributed by atoms with Crippen LogP contribution in [0.2, 0.25) is 5.02 Å². The first-order valence-electron chi connectivity index (χ1n) is 12.1. The molecule has 37 heavy (non-hydrogen) atoms. The highest BCUT2D eigenvalue weighted by Gasteiger charge is 2.39. The fraction of sp³-hybridized carbons (Fsp3) is 0.207. The second kappa shape index (κ2) is 11.4. The van der Waals surface area contributed by atoms with E-state index in [4.69, 9.17) is 21.1 Å². The fourth-order valence-corrected chi connectivity index (χ4v) is 6.03. The van der Waals surface area contributed by atoms with Crippen molar-refractivity contribution in [3.63, 3.8) is 0 Å². The van der Waals surface area contributed by atoms with Gasteiger partial charge in [-0.05, 0) is 31.2 Å². The summed E-state index contributed by atoms with van der Waals surface area (Å²) in [6, 6.07) is 22.3. The quantitative estimate of drug-likeness (QED) is 0.323. The molecule has 0 aliphatic carbocycles. The number of nitrogens with one attached hydrogen (secondary N) is 1. The maximum Gasteiger partial charge on any atom is 0.336 e. The lowest BCUT2D eigenvalue weighted by Crippen LogP contribution is -2.83. The van der Waals surface area contributed by atoms with Gasteiger partial charge in [0.05, 0.1) is 22.1 Å². The molecule has 5 nitrogen and oxygen atoms in total. The van der Waals surface area contributed by atoms with Crippen molar-refractivity contribution < 1.29 is 24.0 Å². The van der Waals surface area contributed by atoms with Crippen molar-refractivity contribution in [1.82, 2.24) is 5.32 Å². The number of ether oxygens (including phenoxy) is 2. The highest BCUT2D eigenvalue weighted by atomic mass is 35.5. The van der Waals surface area contributed by atoms with Crippen LogP contribution < -0.4 is 15.4 Å². The Balaban J connectivity index is 1.41. The number of rotatable bonds is 7. The number of carbonyl (C=O) groups is 1. The first-order chi connectivity index (χ1) is 18.0. The number of fused-ring (bicyclic) bond motifs is 1. The van der Waals surface area contributed by atoms with Gasteiger partial charge in [-0.15, -0.1) is 0 Å². The molecule has 0 bridgehead atoms. The first-order valence-corrected chi connectivity index (χ1v) is 13.3. The van der Waals surface area contributed by atoms with Crippen molar-refractivity contribution >= 4 is 29.3 Å². The number of benzene rings is 3. The number of thioether (sulfide) groups is 1. The van der Waals surface area contributed by atoms with Gasteiger partial charge in [-0.1, -0.05) is 71.9 Å². The third kappa shape index (κ3) is 5.54. The van der Waals surface area contributed by atoms with E-state index in [1.54, 1.807) is 19.1 Å². The van der Waals surface area contributed by atoms with Crippen LogP contribution in [0.25, 0.3) is 0 Å². The van der Waals surface area contributed by atoms with Crippen LogP contribution in [-0.4, -0.2) is 25.7 Å². The van der Waals surface area contributed by atoms with E-state index in [2.05, 4.69) is 22.8 Å². The summed E-state index contributed by atoms with van der Waals surface area (Å²) < 4.78 is 27.1. The lowest BCUT2D eigenvalue weighted by atomic mass is 9.86. The second-order valence-electron chi connectivity index (χ2n) is 8.82. The zero-order valence-electron chi connectivity index (χ0n) is 20.3. The molecule has 1 unspecified atom stereocenters. The molecule has 2 heterocycles. The lowest BCUT2D eigenvalue weighted by molar-refractivity contribution is -0.671. The summed E-state index contributed by atoms with van der Waals surface area (Å²) in [5.41, 5.74) is 3.17. The number of halogens is 2. The fourth-order valence-electron chi connectivity index (χ4n) is 4.56. The van der Waals surface area contributed by atoms with E-state index in [9.17, 15) is 4.79 Å². The molecule has 0 fully saturated rings. The molecule has 2 aliphatic rings. The zero-order chi connectivity index (χ0) is 25.8. The number of hydrogen-bond acceptors (Lipinski definition) is 5. The van der Waals surface area contributed by atoms with Crippen LogP contribution >= 0.6 is 23.4 Å². The molecular formula is C29H27ClFN2O3S+. The normalized spacial score (nSPS) is 16.8. The minimum absolute atomic E-state index is 0.227. The van der Waals surface area contributed by atoms with Gasteiger partial charge in [0, 0.05) is 26.8 Å². The van der Waals surface area contributed by atoms with Crippen molar-refractivity contribution in [3.05, 3.63) is 117 Å². The highest BCUT2D eigenvalue weighted by molar-refractivity contribution is 8.03. The molecule has 2 aliphatic heterocycles. The summed E-state index contributed by atoms with van der Waals surface area (Å²) >= 11 is 8.01. The van der Waals surface area contributed by atoms with Crippen molar-refractivity contribution in [3.8, 4) is 5.75 Å². The highest BCUT2D eigenvalue weighted by Crippen LogP contribution is 2.51. The third-order valence-corrected chi connectivity index (χ3v) is 7.91. The number of carbonyl (C=O) groups excluding carboxylic acids is 1. The van der Waals surface area contributed by atoms with E-state index in [0.717, 1.165) is 27.8 Å². The third-order valence-electron chi connectivity index (χ3n) is 6.32. The Morgan fingerprint density at radius 1 is 1.14 bits per heavy atom. The molecular weight excluding hydrogens is 511 g/mol. The zero-order valence-corrected chi connectivity index (χ0v) is 21.9. The van der Waals surface area contributed by atoms with Crippen LogP contribution in [0.15, 0.2) is 99.6 Å². The molecule has 1 atom stereocenters. The first kappa shape index (κ1) is 25.4. The lowest BCUT2D eigenvalue weighted by Gasteiger charge is -2.31. The van der Waals surface area contributed by atoms with Crippen molar-refractivity contribution in [2.45, 2.75) is 24.3 Å². The Labute approximate surface area is 224 Å². The monoisotopic (exact) mass is 537 g/mol. The van der Waals surface area contributed by atoms with Crippen LogP contribution in [-0.2, 0) is 16.1 Å². The molecule has 3 aromatic carbocycles. The summed E-state index contributed by atoms with van der Waals surface area (Å²) in [6.45, 7) is 3.68. The summed E-state index contributed by atoms with van der Waals surface area (Å²) in [4.78, 5) is 15.1. The van der Waals surface area contributed by atoms with Gasteiger partial charge in [0.25, 0.3) is 0 Å². The molecule has 8 heteroatoms. The molecule has 0 amide bonds. The molecule has 190 valence electrons. The van der Waals surface area contributed by atoms with Crippen LogP contribution in [0.3, 0.4) is 0 Å². The SMILES string of the molecule is CC1=C(C(=O)OCC[NH2+]Cc2ccccc2)C(c2c(F)cccc2Cl)C2=C(COc3ccccc3S2)N1. The minimum atomic E-state index is -0.731. The second-order valence-corrected chi connectivity index (χ2v) is 10.3. The molecule has 3 aromatic rings. The summed E-state index contributed by atoms with van der Waals surface area (Å²) in [5, 5.41) is 5.67. The number of nitrogens with two attached hydrogens (primary N) is 1. The van der Waals surface area contributed by atoms with E-state index in [0.29, 0.717) is 17.8 Å². The van der Waals surface area contributed by atoms with Crippen LogP contribution in [0, 0.1) is 5.82 Å². The van der Waals surface area contributed by atoms with E-state index in [-0.39, 0.29) is 23.8 Å². The van der Waals surface area contributed by atoms with Gasteiger partial charge >= 0.3 is 5.97 Å². The van der Waals surface area contributed by atoms with E-state index < -0.39 is 17.7 Å². The van der Waals surface area contributed by atoms with E-state index in [1.807, 2.05) is 42.5 Å². The van der Waals surface area contributed by atoms with Gasteiger partial charge in [-0.25, -0.2) is 9.18 Å². The minimum Gasteiger partial charge on any atom is -0.486 e. The van der Waals surface area contributed by atoms with Gasteiger partial charge in [0.1, 0.15) is 37.9 Å². The summed E-state index contributed by atoms with van der Waals surface area (Å²) in [7, 11) is 0. The van der Waals surface area contributed by atoms with Crippen LogP contribution in [0.5, 0.6) is 5.75 Å². The smallest absolute Gasteiger partial charge is 0.336 e. The van der Waals surface area contributed by atoms with Gasteiger partial charge in [0.2, 0.25) is 0 Å². The molecule has 0 saturated heterocycles. The number of allylic oxidation sites excluding steroid dienone is 2. The molecule has 0 aromatic heterocycles. The number of esters is 1. The predicted molar refractivity (Wildman–Crippen MR) is 143 cm³/mol. The molecule has 0 radical (unpaired) electrons. The molecule has 0 spiro atoms. The maximum atomic E-state index is 15.3. The standard InChI is InChI=1S/C29H26ClFN2O3S/c1-18-25(29(34)35-15-14-32-16-19-8-3-2-4-9-19)27(26-20(30)10-7-11-21(26)31)28-22(33-18)17-36-23-12-5-6-13-24(23)37-28/h2-13,27,32-33H,14-17H2,1H3/p+1.